The van der Waals surface area contributed by atoms with Gasteiger partial charge in [-0.1, -0.05) is 0 Å². The van der Waals surface area contributed by atoms with Gasteiger partial charge in [0.05, 0.1) is 26.1 Å². The molecule has 9 nitrogen and oxygen atoms in total. The molecule has 0 N–H and O–H groups in total. The van der Waals surface area contributed by atoms with E-state index >= 15 is 0 Å². The molecule has 2 aromatic carbocycles. The highest BCUT2D eigenvalue weighted by Crippen LogP contribution is 2.40. The predicted octanol–water partition coefficient (Wildman–Crippen LogP) is 5.84. The number of rotatable bonds is 7. The molecule has 2 aromatic rings. The summed E-state index contributed by atoms with van der Waals surface area (Å²) >= 11 is 3.11. The number of nitro benzene ring substituents is 2. The number of benzene rings is 2. The first kappa shape index (κ1) is 20.4. The topological polar surface area (TPSA) is 114 Å². The number of nitro groups is 2. The minimum Gasteiger partial charge on any atom is -0.372 e. The Kier molecular flexibility index (Phi) is 6.56. The summed E-state index contributed by atoms with van der Waals surface area (Å²) in [5, 5.41) is 30.3. The number of nitrogens with zero attached hydrogens (tertiary/aromatic N) is 5. The Morgan fingerprint density at radius 2 is 1.70 bits per heavy atom. The summed E-state index contributed by atoms with van der Waals surface area (Å²) in [5.74, 6) is 0. The fourth-order valence-electron chi connectivity index (χ4n) is 2.56. The SMILES string of the molecule is CCN(CC)c1ccc(N=Nc2c(Br)cc([N+](=O)[O-])cc2[N+](=O)[O-])c(C)c1. The van der Waals surface area contributed by atoms with E-state index in [1.807, 2.05) is 19.1 Å². The standard InChI is InChI=1S/C17H18BrN5O4/c1-4-21(5-2)12-6-7-15(11(3)8-12)19-20-17-14(18)9-13(22(24)25)10-16(17)23(26)27/h6-10H,4-5H2,1-3H3. The van der Waals surface area contributed by atoms with E-state index in [1.54, 1.807) is 6.07 Å². The normalized spacial score (nSPS) is 11.0. The van der Waals surface area contributed by atoms with Crippen LogP contribution in [0.15, 0.2) is 45.0 Å². The number of hydrogen-bond donors (Lipinski definition) is 0. The van der Waals surface area contributed by atoms with Crippen molar-refractivity contribution < 1.29 is 9.85 Å². The fourth-order valence-corrected chi connectivity index (χ4v) is 3.07. The molecule has 0 saturated heterocycles. The number of azo groups is 1. The smallest absolute Gasteiger partial charge is 0.304 e. The maximum atomic E-state index is 11.3. The van der Waals surface area contributed by atoms with Crippen LogP contribution in [0.4, 0.5) is 28.4 Å². The fraction of sp³-hybridized carbons (Fsp3) is 0.294. The summed E-state index contributed by atoms with van der Waals surface area (Å²) in [6.45, 7) is 7.76. The highest BCUT2D eigenvalue weighted by atomic mass is 79.9. The van der Waals surface area contributed by atoms with Crippen molar-refractivity contribution in [2.24, 2.45) is 10.2 Å². The predicted molar refractivity (Wildman–Crippen MR) is 106 cm³/mol. The Bertz CT molecular complexity index is 912. The summed E-state index contributed by atoms with van der Waals surface area (Å²) in [5.41, 5.74) is 1.52. The Morgan fingerprint density at radius 1 is 1.04 bits per heavy atom. The molecule has 10 heteroatoms. The summed E-state index contributed by atoms with van der Waals surface area (Å²) in [7, 11) is 0. The molecule has 0 fully saturated rings. The van der Waals surface area contributed by atoms with Gasteiger partial charge in [-0.2, -0.15) is 0 Å². The number of hydrogen-bond acceptors (Lipinski definition) is 7. The molecule has 0 unspecified atom stereocenters. The van der Waals surface area contributed by atoms with Crippen LogP contribution in [0.2, 0.25) is 0 Å². The summed E-state index contributed by atoms with van der Waals surface area (Å²) in [6, 6.07) is 7.71. The van der Waals surface area contributed by atoms with Crippen molar-refractivity contribution in [2.45, 2.75) is 20.8 Å². The van der Waals surface area contributed by atoms with Gasteiger partial charge in [-0.05, 0) is 60.5 Å². The average Bonchev–Trinajstić information content (AvgIpc) is 2.62. The average molecular weight is 436 g/mol. The van der Waals surface area contributed by atoms with Crippen LogP contribution in [0.3, 0.4) is 0 Å². The van der Waals surface area contributed by atoms with Crippen molar-refractivity contribution in [1.82, 2.24) is 0 Å². The molecule has 2 rings (SSSR count). The summed E-state index contributed by atoms with van der Waals surface area (Å²) in [6.07, 6.45) is 0. The van der Waals surface area contributed by atoms with Gasteiger partial charge in [-0.3, -0.25) is 20.2 Å². The zero-order chi connectivity index (χ0) is 20.1. The third kappa shape index (κ3) is 4.64. The van der Waals surface area contributed by atoms with Crippen LogP contribution in [-0.4, -0.2) is 22.9 Å². The van der Waals surface area contributed by atoms with E-state index in [1.165, 1.54) is 0 Å². The Morgan fingerprint density at radius 3 is 2.22 bits per heavy atom. The molecule has 0 heterocycles. The largest absolute Gasteiger partial charge is 0.372 e. The van der Waals surface area contributed by atoms with Gasteiger partial charge < -0.3 is 4.90 Å². The molecule has 0 radical (unpaired) electrons. The molecule has 0 aliphatic rings. The van der Waals surface area contributed by atoms with Gasteiger partial charge in [0, 0.05) is 24.8 Å². The lowest BCUT2D eigenvalue weighted by atomic mass is 10.1. The summed E-state index contributed by atoms with van der Waals surface area (Å²) < 4.78 is 0.129. The molecule has 0 aliphatic carbocycles. The van der Waals surface area contributed by atoms with E-state index in [0.717, 1.165) is 36.5 Å². The second-order valence-corrected chi connectivity index (χ2v) is 6.51. The van der Waals surface area contributed by atoms with Crippen LogP contribution >= 0.6 is 15.9 Å². The first-order valence-corrected chi connectivity index (χ1v) is 8.97. The molecule has 0 aromatic heterocycles. The van der Waals surface area contributed by atoms with Crippen LogP contribution in [-0.2, 0) is 0 Å². The molecule has 142 valence electrons. The minimum absolute atomic E-state index is 0.0715. The molecular weight excluding hydrogens is 418 g/mol. The lowest BCUT2D eigenvalue weighted by molar-refractivity contribution is -0.393. The van der Waals surface area contributed by atoms with Crippen LogP contribution < -0.4 is 4.90 Å². The van der Waals surface area contributed by atoms with Gasteiger partial charge >= 0.3 is 5.69 Å². The van der Waals surface area contributed by atoms with E-state index < -0.39 is 21.2 Å². The van der Waals surface area contributed by atoms with E-state index in [4.69, 9.17) is 0 Å². The highest BCUT2D eigenvalue weighted by Gasteiger charge is 2.23. The highest BCUT2D eigenvalue weighted by molar-refractivity contribution is 9.10. The van der Waals surface area contributed by atoms with Crippen molar-refractivity contribution in [3.05, 3.63) is 60.6 Å². The Labute approximate surface area is 164 Å². The van der Waals surface area contributed by atoms with Gasteiger partial charge in [0.15, 0.2) is 5.69 Å². The first-order chi connectivity index (χ1) is 12.8. The quantitative estimate of drug-likeness (QED) is 0.307. The molecule has 0 saturated carbocycles. The maximum absolute atomic E-state index is 11.3. The lowest BCUT2D eigenvalue weighted by Gasteiger charge is -2.21. The van der Waals surface area contributed by atoms with Gasteiger partial charge in [-0.15, -0.1) is 10.2 Å². The number of non-ortho nitro benzene ring substituents is 1. The van der Waals surface area contributed by atoms with Crippen molar-refractivity contribution in [3.8, 4) is 0 Å². The molecule has 0 aliphatic heterocycles. The van der Waals surface area contributed by atoms with E-state index in [0.29, 0.717) is 5.69 Å². The van der Waals surface area contributed by atoms with Crippen LogP contribution in [0.1, 0.15) is 19.4 Å². The van der Waals surface area contributed by atoms with E-state index in [2.05, 4.69) is 44.9 Å². The van der Waals surface area contributed by atoms with Gasteiger partial charge in [0.2, 0.25) is 0 Å². The Balaban J connectivity index is 2.43. The van der Waals surface area contributed by atoms with Crippen molar-refractivity contribution in [1.29, 1.82) is 0 Å². The van der Waals surface area contributed by atoms with Crippen molar-refractivity contribution in [3.63, 3.8) is 0 Å². The summed E-state index contributed by atoms with van der Waals surface area (Å²) in [4.78, 5) is 22.9. The van der Waals surface area contributed by atoms with Crippen LogP contribution in [0.25, 0.3) is 0 Å². The third-order valence-corrected chi connectivity index (χ3v) is 4.61. The zero-order valence-corrected chi connectivity index (χ0v) is 16.6. The number of aryl methyl sites for hydroxylation is 1. The molecule has 27 heavy (non-hydrogen) atoms. The monoisotopic (exact) mass is 435 g/mol. The lowest BCUT2D eigenvalue weighted by Crippen LogP contribution is -2.21. The maximum Gasteiger partial charge on any atom is 0.304 e. The number of anilines is 1. The third-order valence-electron chi connectivity index (χ3n) is 4.00. The van der Waals surface area contributed by atoms with Crippen LogP contribution in [0, 0.1) is 27.2 Å². The van der Waals surface area contributed by atoms with Gasteiger partial charge in [0.25, 0.3) is 5.69 Å². The minimum atomic E-state index is -0.720. The second-order valence-electron chi connectivity index (χ2n) is 5.65. The second kappa shape index (κ2) is 8.67. The van der Waals surface area contributed by atoms with Gasteiger partial charge in [-0.25, -0.2) is 0 Å². The first-order valence-electron chi connectivity index (χ1n) is 8.18. The molecule has 0 bridgehead atoms. The number of halogens is 1. The van der Waals surface area contributed by atoms with Crippen molar-refractivity contribution >= 4 is 44.4 Å². The van der Waals surface area contributed by atoms with Gasteiger partial charge in [0.1, 0.15) is 0 Å². The Hall–Kier alpha value is -2.88. The molecule has 0 amide bonds. The zero-order valence-electron chi connectivity index (χ0n) is 15.0. The molecular formula is C17H18BrN5O4. The van der Waals surface area contributed by atoms with Crippen molar-refractivity contribution in [2.75, 3.05) is 18.0 Å². The van der Waals surface area contributed by atoms with Crippen LogP contribution in [0.5, 0.6) is 0 Å². The molecule has 0 spiro atoms. The van der Waals surface area contributed by atoms with E-state index in [9.17, 15) is 20.2 Å². The molecule has 0 atom stereocenters. The van der Waals surface area contributed by atoms with E-state index in [-0.39, 0.29) is 10.2 Å².